The maximum atomic E-state index is 13.6. The SMILES string of the molecule is CN1CCc2c(C(F)(F)F)nn(-c3ccc4c(c3)CN(C(=O)OC(C)(C)C)C4)c2C1=O. The van der Waals surface area contributed by atoms with Crippen LogP contribution < -0.4 is 0 Å². The first-order chi connectivity index (χ1) is 14.3. The van der Waals surface area contributed by atoms with Gasteiger partial charge in [0.15, 0.2) is 5.69 Å². The Labute approximate surface area is 177 Å². The van der Waals surface area contributed by atoms with Gasteiger partial charge in [-0.25, -0.2) is 9.48 Å². The van der Waals surface area contributed by atoms with Crippen molar-refractivity contribution in [1.82, 2.24) is 19.6 Å². The predicted molar refractivity (Wildman–Crippen MR) is 105 cm³/mol. The van der Waals surface area contributed by atoms with Crippen molar-refractivity contribution in [3.05, 3.63) is 46.3 Å². The Morgan fingerprint density at radius 1 is 1.13 bits per heavy atom. The molecule has 0 bridgehead atoms. The lowest BCUT2D eigenvalue weighted by Crippen LogP contribution is -2.35. The van der Waals surface area contributed by atoms with Gasteiger partial charge in [-0.15, -0.1) is 0 Å². The van der Waals surface area contributed by atoms with Crippen LogP contribution in [0.2, 0.25) is 0 Å². The standard InChI is InChI=1S/C21H23F3N4O3/c1-20(2,3)31-19(30)27-10-12-5-6-14(9-13(12)11-27)28-16-15(7-8-26(4)18(16)29)17(25-28)21(22,23)24/h5-6,9H,7-8,10-11H2,1-4H3. The maximum Gasteiger partial charge on any atom is 0.435 e. The number of halogens is 3. The van der Waals surface area contributed by atoms with E-state index in [0.29, 0.717) is 12.2 Å². The third kappa shape index (κ3) is 3.86. The van der Waals surface area contributed by atoms with Crippen molar-refractivity contribution >= 4 is 12.0 Å². The van der Waals surface area contributed by atoms with E-state index in [2.05, 4.69) is 5.10 Å². The first-order valence-corrected chi connectivity index (χ1v) is 9.90. The number of amides is 2. The van der Waals surface area contributed by atoms with E-state index in [1.54, 1.807) is 46.0 Å². The van der Waals surface area contributed by atoms with Gasteiger partial charge in [0, 0.05) is 32.2 Å². The summed E-state index contributed by atoms with van der Waals surface area (Å²) >= 11 is 0. The number of benzene rings is 1. The summed E-state index contributed by atoms with van der Waals surface area (Å²) in [6, 6.07) is 5.04. The topological polar surface area (TPSA) is 67.7 Å². The van der Waals surface area contributed by atoms with Crippen molar-refractivity contribution in [3.8, 4) is 5.69 Å². The molecule has 0 N–H and O–H groups in total. The molecule has 2 aromatic rings. The Morgan fingerprint density at radius 3 is 2.45 bits per heavy atom. The van der Waals surface area contributed by atoms with Crippen molar-refractivity contribution < 1.29 is 27.5 Å². The Balaban J connectivity index is 1.71. The highest BCUT2D eigenvalue weighted by atomic mass is 19.4. The highest BCUT2D eigenvalue weighted by Gasteiger charge is 2.42. The lowest BCUT2D eigenvalue weighted by atomic mass is 10.0. The van der Waals surface area contributed by atoms with Gasteiger partial charge < -0.3 is 9.64 Å². The molecular weight excluding hydrogens is 413 g/mol. The second-order valence-corrected chi connectivity index (χ2v) is 8.85. The van der Waals surface area contributed by atoms with Gasteiger partial charge >= 0.3 is 12.3 Å². The van der Waals surface area contributed by atoms with Crippen molar-refractivity contribution in [2.24, 2.45) is 0 Å². The van der Waals surface area contributed by atoms with Crippen LogP contribution in [0.25, 0.3) is 5.69 Å². The molecule has 0 saturated heterocycles. The summed E-state index contributed by atoms with van der Waals surface area (Å²) in [5, 5.41) is 3.79. The van der Waals surface area contributed by atoms with E-state index in [-0.39, 0.29) is 30.8 Å². The first-order valence-electron chi connectivity index (χ1n) is 9.90. The zero-order valence-corrected chi connectivity index (χ0v) is 17.7. The summed E-state index contributed by atoms with van der Waals surface area (Å²) in [6.45, 7) is 6.15. The number of ether oxygens (including phenoxy) is 1. The summed E-state index contributed by atoms with van der Waals surface area (Å²) in [6.07, 6.45) is -5.03. The maximum absolute atomic E-state index is 13.6. The van der Waals surface area contributed by atoms with Gasteiger partial charge in [0.2, 0.25) is 0 Å². The van der Waals surface area contributed by atoms with Crippen LogP contribution in [0.3, 0.4) is 0 Å². The lowest BCUT2D eigenvalue weighted by Gasteiger charge is -2.24. The van der Waals surface area contributed by atoms with Crippen molar-refractivity contribution in [2.75, 3.05) is 13.6 Å². The Bertz CT molecular complexity index is 1070. The quantitative estimate of drug-likeness (QED) is 0.683. The largest absolute Gasteiger partial charge is 0.444 e. The van der Waals surface area contributed by atoms with Crippen LogP contribution in [0.5, 0.6) is 0 Å². The molecule has 0 spiro atoms. The van der Waals surface area contributed by atoms with E-state index < -0.39 is 29.5 Å². The zero-order chi connectivity index (χ0) is 22.7. The molecule has 0 aliphatic carbocycles. The van der Waals surface area contributed by atoms with Crippen molar-refractivity contribution in [3.63, 3.8) is 0 Å². The Kier molecular flexibility index (Phi) is 4.79. The molecule has 4 rings (SSSR count). The number of nitrogens with zero attached hydrogens (tertiary/aromatic N) is 4. The number of hydrogen-bond donors (Lipinski definition) is 0. The van der Waals surface area contributed by atoms with Gasteiger partial charge in [0.25, 0.3) is 5.91 Å². The monoisotopic (exact) mass is 436 g/mol. The van der Waals surface area contributed by atoms with Crippen LogP contribution in [-0.4, -0.2) is 50.8 Å². The molecule has 31 heavy (non-hydrogen) atoms. The number of aromatic nitrogens is 2. The van der Waals surface area contributed by atoms with E-state index in [4.69, 9.17) is 4.74 Å². The molecule has 166 valence electrons. The van der Waals surface area contributed by atoms with Crippen LogP contribution in [0, 0.1) is 0 Å². The number of carbonyl (C=O) groups is 2. The molecule has 0 atom stereocenters. The summed E-state index contributed by atoms with van der Waals surface area (Å²) in [7, 11) is 1.55. The molecule has 3 heterocycles. The van der Waals surface area contributed by atoms with Crippen LogP contribution in [0.15, 0.2) is 18.2 Å². The molecule has 10 heteroatoms. The highest BCUT2D eigenvalue weighted by Crippen LogP contribution is 2.36. The van der Waals surface area contributed by atoms with Crippen LogP contribution in [-0.2, 0) is 30.4 Å². The summed E-state index contributed by atoms with van der Waals surface area (Å²) in [4.78, 5) is 28.0. The predicted octanol–water partition coefficient (Wildman–Crippen LogP) is 3.77. The van der Waals surface area contributed by atoms with E-state index in [1.807, 2.05) is 0 Å². The molecule has 7 nitrogen and oxygen atoms in total. The Hall–Kier alpha value is -3.04. The summed E-state index contributed by atoms with van der Waals surface area (Å²) in [5.74, 6) is -0.500. The van der Waals surface area contributed by atoms with Gasteiger partial charge in [0.1, 0.15) is 11.3 Å². The van der Waals surface area contributed by atoms with Gasteiger partial charge in [-0.3, -0.25) is 9.69 Å². The molecule has 1 aromatic heterocycles. The normalized spacial score (nSPS) is 16.4. The summed E-state index contributed by atoms with van der Waals surface area (Å²) in [5.41, 5.74) is 0.188. The second kappa shape index (κ2) is 7.00. The lowest BCUT2D eigenvalue weighted by molar-refractivity contribution is -0.142. The van der Waals surface area contributed by atoms with E-state index >= 15 is 0 Å². The fourth-order valence-corrected chi connectivity index (χ4v) is 3.85. The number of likely N-dealkylation sites (N-methyl/N-ethyl adjacent to an activating group) is 1. The zero-order valence-electron chi connectivity index (χ0n) is 17.7. The van der Waals surface area contributed by atoms with Gasteiger partial charge in [-0.2, -0.15) is 18.3 Å². The molecule has 1 aromatic carbocycles. The summed E-state index contributed by atoms with van der Waals surface area (Å²) < 4.78 is 47.2. The van der Waals surface area contributed by atoms with Crippen molar-refractivity contribution in [2.45, 2.75) is 52.1 Å². The van der Waals surface area contributed by atoms with E-state index in [9.17, 15) is 22.8 Å². The molecule has 0 fully saturated rings. The molecule has 0 unspecified atom stereocenters. The smallest absolute Gasteiger partial charge is 0.435 e. The first kappa shape index (κ1) is 21.2. The second-order valence-electron chi connectivity index (χ2n) is 8.85. The molecular formula is C21H23F3N4O3. The number of fused-ring (bicyclic) bond motifs is 2. The minimum atomic E-state index is -4.66. The number of hydrogen-bond acceptors (Lipinski definition) is 4. The van der Waals surface area contributed by atoms with E-state index in [1.165, 1.54) is 9.80 Å². The number of rotatable bonds is 1. The fraction of sp³-hybridized carbons (Fsp3) is 0.476. The van der Waals surface area contributed by atoms with E-state index in [0.717, 1.165) is 15.8 Å². The average molecular weight is 436 g/mol. The number of alkyl halides is 3. The molecule has 0 saturated carbocycles. The van der Waals surface area contributed by atoms with Crippen LogP contribution >= 0.6 is 0 Å². The molecule has 2 aliphatic rings. The van der Waals surface area contributed by atoms with Gasteiger partial charge in [-0.1, -0.05) is 6.07 Å². The average Bonchev–Trinajstić information content (AvgIpc) is 3.24. The third-order valence-electron chi connectivity index (χ3n) is 5.31. The van der Waals surface area contributed by atoms with Crippen molar-refractivity contribution in [1.29, 1.82) is 0 Å². The minimum absolute atomic E-state index is 0.0666. The van der Waals surface area contributed by atoms with Gasteiger partial charge in [-0.05, 0) is 50.5 Å². The number of carbonyl (C=O) groups excluding carboxylic acids is 2. The van der Waals surface area contributed by atoms with Gasteiger partial charge in [0.05, 0.1) is 5.69 Å². The molecule has 0 radical (unpaired) electrons. The molecule has 2 aliphatic heterocycles. The highest BCUT2D eigenvalue weighted by molar-refractivity contribution is 5.96. The third-order valence-corrected chi connectivity index (χ3v) is 5.31. The minimum Gasteiger partial charge on any atom is -0.444 e. The van der Waals surface area contributed by atoms with Crippen LogP contribution in [0.4, 0.5) is 18.0 Å². The fourth-order valence-electron chi connectivity index (χ4n) is 3.85. The van der Waals surface area contributed by atoms with Crippen LogP contribution in [0.1, 0.15) is 53.6 Å². The Morgan fingerprint density at radius 2 is 1.81 bits per heavy atom. The molecule has 2 amide bonds.